The van der Waals surface area contributed by atoms with Crippen molar-refractivity contribution >= 4 is 68.9 Å². The summed E-state index contributed by atoms with van der Waals surface area (Å²) in [4.78, 5) is 47.3. The number of nitrogens with one attached hydrogen (secondary N) is 2. The number of amides is 2. The normalized spacial score (nSPS) is 11.5. The Hall–Kier alpha value is -6.54. The lowest BCUT2D eigenvalue weighted by Gasteiger charge is -2.19. The highest BCUT2D eigenvalue weighted by Crippen LogP contribution is 2.40. The summed E-state index contributed by atoms with van der Waals surface area (Å²) in [6.07, 6.45) is -5.66. The first-order valence-corrected chi connectivity index (χ1v) is 25.0. The number of aromatic nitrogens is 2. The van der Waals surface area contributed by atoms with Gasteiger partial charge in [-0.3, -0.25) is 19.2 Å². The lowest BCUT2D eigenvalue weighted by molar-refractivity contribution is -0.154. The summed E-state index contributed by atoms with van der Waals surface area (Å²) >= 11 is 9.53. The Kier molecular flexibility index (Phi) is 23.5. The Morgan fingerprint density at radius 3 is 1.40 bits per heavy atom. The van der Waals surface area contributed by atoms with E-state index < -0.39 is 35.3 Å². The molecule has 0 spiro atoms. The number of carboxylic acids is 1. The largest absolute Gasteiger partial charge is 0.493 e. The molecule has 0 saturated carbocycles. The molecule has 6 aromatic rings. The van der Waals surface area contributed by atoms with Crippen LogP contribution in [0.4, 0.5) is 26.3 Å². The zero-order valence-electron chi connectivity index (χ0n) is 42.1. The van der Waals surface area contributed by atoms with Crippen LogP contribution in [-0.2, 0) is 75.0 Å². The molecular formula is C53H60Cl2F6N4O10. The second kappa shape index (κ2) is 28.9. The van der Waals surface area contributed by atoms with E-state index in [2.05, 4.69) is 20.9 Å². The van der Waals surface area contributed by atoms with Crippen molar-refractivity contribution in [3.63, 3.8) is 0 Å². The fourth-order valence-corrected chi connectivity index (χ4v) is 7.56. The molecule has 0 fully saturated rings. The number of carboxylic acid groups (broad SMARTS) is 1. The average molecular weight is 1100 g/mol. The maximum absolute atomic E-state index is 13.2. The Morgan fingerprint density at radius 1 is 0.627 bits per heavy atom. The summed E-state index contributed by atoms with van der Waals surface area (Å²) in [5.74, 6) is -0.765. The van der Waals surface area contributed by atoms with E-state index in [1.54, 1.807) is 24.3 Å². The summed E-state index contributed by atoms with van der Waals surface area (Å²) in [6, 6.07) is 19.9. The number of fused-ring (bicyclic) bond motifs is 2. The summed E-state index contributed by atoms with van der Waals surface area (Å²) in [7, 11) is 0. The number of halogens is 8. The third-order valence-electron chi connectivity index (χ3n) is 10.6. The van der Waals surface area contributed by atoms with Crippen molar-refractivity contribution in [2.45, 2.75) is 130 Å². The first kappa shape index (κ1) is 61.0. The molecule has 0 aliphatic heterocycles. The summed E-state index contributed by atoms with van der Waals surface area (Å²) < 4.78 is 106. The highest BCUT2D eigenvalue weighted by molar-refractivity contribution is 6.40. The van der Waals surface area contributed by atoms with Crippen LogP contribution >= 0.6 is 23.2 Å². The van der Waals surface area contributed by atoms with Crippen molar-refractivity contribution in [1.82, 2.24) is 20.9 Å². The van der Waals surface area contributed by atoms with Crippen molar-refractivity contribution in [2.75, 3.05) is 18.6 Å². The average Bonchev–Trinajstić information content (AvgIpc) is 3.98. The number of aryl methyl sites for hydroxylation is 2. The highest BCUT2D eigenvalue weighted by atomic mass is 35.5. The van der Waals surface area contributed by atoms with Crippen LogP contribution in [0.2, 0.25) is 0 Å². The number of nitrogens with zero attached hydrogens (tertiary/aromatic N) is 2. The highest BCUT2D eigenvalue weighted by Gasteiger charge is 2.39. The quantitative estimate of drug-likeness (QED) is 0.0253. The first-order valence-electron chi connectivity index (χ1n) is 23.9. The number of aliphatic carboxylic acids is 1. The molecule has 0 bridgehead atoms. The van der Waals surface area contributed by atoms with Crippen LogP contribution in [0.25, 0.3) is 21.9 Å². The van der Waals surface area contributed by atoms with Gasteiger partial charge in [-0.25, -0.2) is 0 Å². The minimum atomic E-state index is -4.61. The zero-order valence-corrected chi connectivity index (χ0v) is 43.6. The number of benzene rings is 4. The van der Waals surface area contributed by atoms with Crippen LogP contribution in [0.1, 0.15) is 118 Å². The van der Waals surface area contributed by atoms with E-state index in [4.69, 9.17) is 51.6 Å². The molecule has 0 saturated heterocycles. The van der Waals surface area contributed by atoms with Crippen LogP contribution in [0.5, 0.6) is 11.5 Å². The Balaban J connectivity index is 0.000000310. The van der Waals surface area contributed by atoms with Gasteiger partial charge >= 0.3 is 24.3 Å². The molecule has 0 unspecified atom stereocenters. The molecule has 0 atom stereocenters. The third kappa shape index (κ3) is 19.9. The second-order valence-corrected chi connectivity index (χ2v) is 18.7. The topological polar surface area (TPSA) is 192 Å². The lowest BCUT2D eigenvalue weighted by Crippen LogP contribution is -2.25. The van der Waals surface area contributed by atoms with Gasteiger partial charge in [-0.2, -0.15) is 26.3 Å². The van der Waals surface area contributed by atoms with Gasteiger partial charge in [-0.05, 0) is 93.0 Å². The van der Waals surface area contributed by atoms with Crippen LogP contribution in [0.15, 0.2) is 81.8 Å². The molecule has 2 aromatic heterocycles. The monoisotopic (exact) mass is 1100 g/mol. The van der Waals surface area contributed by atoms with Gasteiger partial charge in [-0.15, -0.1) is 23.2 Å². The molecule has 0 aliphatic carbocycles. The fraction of sp³-hybridized carbons (Fsp3) is 0.434. The fourth-order valence-electron chi connectivity index (χ4n) is 7.56. The summed E-state index contributed by atoms with van der Waals surface area (Å²) in [5, 5.41) is 20.9. The standard InChI is InChI=1S/C28H33F3N2O5.C24H25F3N2O5.CH2Cl2/c1-5-8-20-22(13-12-21-25(20)38-33-26(21)28(29,30)31)36-14-7-11-23(34)32-17-19-10-6-9-18(15-19)16-24(35)37-27(2,3)4;1-2-5-17-19(10-9-18-22(17)34-29-23(18)24(25,26)27)33-11-4-8-20(30)28-14-16-7-3-6-15(12-16)13-21(31)32;2-1-3/h6,9-10,12-13,15H,5,7-8,11,14,16-17H2,1-4H3,(H,32,34);3,6-7,9-10,12H,2,4-5,8,11,13-14H2,1H3,(H,28,30)(H,31,32);1H2. The van der Waals surface area contributed by atoms with Crippen molar-refractivity contribution < 1.29 is 73.9 Å². The molecule has 0 radical (unpaired) electrons. The van der Waals surface area contributed by atoms with Crippen molar-refractivity contribution in [2.24, 2.45) is 0 Å². The Morgan fingerprint density at radius 2 is 1.03 bits per heavy atom. The van der Waals surface area contributed by atoms with E-state index >= 15 is 0 Å². The van der Waals surface area contributed by atoms with Crippen LogP contribution in [0.3, 0.4) is 0 Å². The predicted molar refractivity (Wildman–Crippen MR) is 270 cm³/mol. The summed E-state index contributed by atoms with van der Waals surface area (Å²) in [6.45, 7) is 10.2. The van der Waals surface area contributed by atoms with Gasteiger partial charge in [-0.1, -0.05) is 85.5 Å². The van der Waals surface area contributed by atoms with Gasteiger partial charge in [0.1, 0.15) is 17.1 Å². The molecule has 75 heavy (non-hydrogen) atoms. The Labute approximate surface area is 439 Å². The molecule has 0 aliphatic rings. The molecule has 408 valence electrons. The molecular weight excluding hydrogens is 1040 g/mol. The number of rotatable bonds is 22. The van der Waals surface area contributed by atoms with Crippen LogP contribution in [0, 0.1) is 0 Å². The molecule has 14 nitrogen and oxygen atoms in total. The van der Waals surface area contributed by atoms with Gasteiger partial charge in [0.05, 0.1) is 42.2 Å². The molecule has 2 amide bonds. The Bertz CT molecular complexity index is 2830. The molecule has 4 aromatic carbocycles. The van der Waals surface area contributed by atoms with Crippen molar-refractivity contribution in [3.8, 4) is 11.5 Å². The maximum atomic E-state index is 13.2. The SMILES string of the molecule is CCCc1c(OCCCC(=O)NCc2cccc(CC(=O)O)c2)ccc2c(C(F)(F)F)noc12.CCCc1c(OCCCC(=O)NCc2cccc(CC(=O)OC(C)(C)C)c2)ccc2c(C(F)(F)F)noc12.ClCCl. The minimum Gasteiger partial charge on any atom is -0.493 e. The zero-order chi connectivity index (χ0) is 55.3. The predicted octanol–water partition coefficient (Wildman–Crippen LogP) is 12.5. The molecule has 6 rings (SSSR count). The van der Waals surface area contributed by atoms with Crippen LogP contribution in [-0.4, -0.2) is 63.3 Å². The maximum Gasteiger partial charge on any atom is 0.437 e. The summed E-state index contributed by atoms with van der Waals surface area (Å²) in [5.41, 5.74) is 1.64. The second-order valence-electron chi connectivity index (χ2n) is 17.9. The molecule has 22 heteroatoms. The number of hydrogen-bond donors (Lipinski definition) is 3. The number of carbonyl (C=O) groups excluding carboxylic acids is 3. The van der Waals surface area contributed by atoms with Gasteiger partial charge in [0.15, 0.2) is 22.6 Å². The van der Waals surface area contributed by atoms with E-state index in [9.17, 15) is 45.5 Å². The minimum absolute atomic E-state index is 0.0644. The number of alkyl halides is 8. The number of ether oxygens (including phenoxy) is 3. The lowest BCUT2D eigenvalue weighted by atomic mass is 10.0. The van der Waals surface area contributed by atoms with Crippen molar-refractivity contribution in [3.05, 3.63) is 118 Å². The third-order valence-corrected chi connectivity index (χ3v) is 10.6. The number of hydrogen-bond acceptors (Lipinski definition) is 11. The van der Waals surface area contributed by atoms with Crippen molar-refractivity contribution in [1.29, 1.82) is 0 Å². The van der Waals surface area contributed by atoms with Gasteiger partial charge in [0.2, 0.25) is 11.8 Å². The number of esters is 1. The van der Waals surface area contributed by atoms with Gasteiger partial charge < -0.3 is 39.0 Å². The first-order chi connectivity index (χ1) is 35.5. The van der Waals surface area contributed by atoms with E-state index in [-0.39, 0.29) is 90.5 Å². The smallest absolute Gasteiger partial charge is 0.437 e. The van der Waals surface area contributed by atoms with E-state index in [0.717, 1.165) is 16.7 Å². The van der Waals surface area contributed by atoms with E-state index in [1.165, 1.54) is 24.3 Å². The van der Waals surface area contributed by atoms with E-state index in [0.29, 0.717) is 73.3 Å². The van der Waals surface area contributed by atoms with Crippen LogP contribution < -0.4 is 20.1 Å². The van der Waals surface area contributed by atoms with Gasteiger partial charge in [0.25, 0.3) is 0 Å². The van der Waals surface area contributed by atoms with Gasteiger partial charge in [0, 0.05) is 37.1 Å². The molecule has 2 heterocycles. The molecule has 3 N–H and O–H groups in total. The number of carbonyl (C=O) groups is 4. The van der Waals surface area contributed by atoms with E-state index in [1.807, 2.05) is 58.9 Å².